The highest BCUT2D eigenvalue weighted by Crippen LogP contribution is 2.22. The van der Waals surface area contributed by atoms with Gasteiger partial charge in [-0.05, 0) is 46.7 Å². The monoisotopic (exact) mass is 399 g/mol. The lowest BCUT2D eigenvalue weighted by Gasteiger charge is -2.17. The Hall–Kier alpha value is -3.48. The SMILES string of the molecule is COc1ccc2cc(CN(C)C(=O)COC(=O)c3cc(F)cc(F)c3)ccc2c1. The molecule has 150 valence electrons. The van der Waals surface area contributed by atoms with Gasteiger partial charge in [0.25, 0.3) is 5.91 Å². The Morgan fingerprint density at radius 2 is 1.59 bits per heavy atom. The third-order valence-electron chi connectivity index (χ3n) is 4.38. The molecule has 0 heterocycles. The van der Waals surface area contributed by atoms with Gasteiger partial charge < -0.3 is 14.4 Å². The van der Waals surface area contributed by atoms with Crippen LogP contribution in [0.1, 0.15) is 15.9 Å². The molecular weight excluding hydrogens is 380 g/mol. The summed E-state index contributed by atoms with van der Waals surface area (Å²) < 4.78 is 36.4. The maximum Gasteiger partial charge on any atom is 0.338 e. The number of methoxy groups -OCH3 is 1. The van der Waals surface area contributed by atoms with Gasteiger partial charge in [0.1, 0.15) is 17.4 Å². The highest BCUT2D eigenvalue weighted by molar-refractivity contribution is 5.91. The molecule has 0 unspecified atom stereocenters. The fourth-order valence-electron chi connectivity index (χ4n) is 2.85. The first-order valence-corrected chi connectivity index (χ1v) is 8.79. The molecule has 0 N–H and O–H groups in total. The number of likely N-dealkylation sites (N-methyl/N-ethyl adjacent to an activating group) is 1. The van der Waals surface area contributed by atoms with E-state index in [2.05, 4.69) is 0 Å². The summed E-state index contributed by atoms with van der Waals surface area (Å²) in [5.74, 6) is -2.43. The van der Waals surface area contributed by atoms with Crippen LogP contribution in [0.3, 0.4) is 0 Å². The van der Waals surface area contributed by atoms with Crippen molar-refractivity contribution in [1.29, 1.82) is 0 Å². The van der Waals surface area contributed by atoms with E-state index in [9.17, 15) is 18.4 Å². The minimum atomic E-state index is -0.968. The molecule has 0 aromatic heterocycles. The van der Waals surface area contributed by atoms with Gasteiger partial charge >= 0.3 is 5.97 Å². The van der Waals surface area contributed by atoms with Crippen LogP contribution in [-0.4, -0.2) is 37.5 Å². The second-order valence-corrected chi connectivity index (χ2v) is 6.53. The lowest BCUT2D eigenvalue weighted by Crippen LogP contribution is -2.30. The van der Waals surface area contributed by atoms with E-state index < -0.39 is 30.1 Å². The van der Waals surface area contributed by atoms with Crippen LogP contribution in [-0.2, 0) is 16.1 Å². The molecule has 0 saturated carbocycles. The number of benzene rings is 3. The van der Waals surface area contributed by atoms with Crippen molar-refractivity contribution in [3.63, 3.8) is 0 Å². The minimum Gasteiger partial charge on any atom is -0.497 e. The van der Waals surface area contributed by atoms with Crippen molar-refractivity contribution < 1.29 is 27.8 Å². The number of rotatable bonds is 6. The number of carbonyl (C=O) groups excluding carboxylic acids is 2. The van der Waals surface area contributed by atoms with Crippen molar-refractivity contribution in [2.75, 3.05) is 20.8 Å². The van der Waals surface area contributed by atoms with E-state index in [1.54, 1.807) is 14.2 Å². The van der Waals surface area contributed by atoms with E-state index in [-0.39, 0.29) is 5.56 Å². The minimum absolute atomic E-state index is 0.289. The van der Waals surface area contributed by atoms with E-state index in [1.165, 1.54) is 4.90 Å². The van der Waals surface area contributed by atoms with Crippen molar-refractivity contribution in [3.8, 4) is 5.75 Å². The van der Waals surface area contributed by atoms with Crippen LogP contribution in [0.15, 0.2) is 54.6 Å². The van der Waals surface area contributed by atoms with E-state index in [4.69, 9.17) is 9.47 Å². The van der Waals surface area contributed by atoms with Gasteiger partial charge in [-0.2, -0.15) is 0 Å². The second kappa shape index (κ2) is 8.68. The van der Waals surface area contributed by atoms with Crippen molar-refractivity contribution >= 4 is 22.6 Å². The van der Waals surface area contributed by atoms with Gasteiger partial charge in [-0.15, -0.1) is 0 Å². The molecule has 0 spiro atoms. The standard InChI is InChI=1S/C22H19F2NO4/c1-25(12-14-3-4-16-10-20(28-2)6-5-15(16)7-14)21(26)13-29-22(27)17-8-18(23)11-19(24)9-17/h3-11H,12-13H2,1-2H3. The highest BCUT2D eigenvalue weighted by atomic mass is 19.1. The molecule has 0 saturated heterocycles. The van der Waals surface area contributed by atoms with Gasteiger partial charge in [-0.3, -0.25) is 4.79 Å². The summed E-state index contributed by atoms with van der Waals surface area (Å²) in [7, 11) is 3.18. The van der Waals surface area contributed by atoms with Gasteiger partial charge in [0.2, 0.25) is 0 Å². The first-order chi connectivity index (χ1) is 13.9. The predicted octanol–water partition coefficient (Wildman–Crippen LogP) is 3.94. The summed E-state index contributed by atoms with van der Waals surface area (Å²) in [6, 6.07) is 13.8. The first kappa shape index (κ1) is 20.3. The molecule has 0 aliphatic carbocycles. The van der Waals surface area contributed by atoms with Gasteiger partial charge in [-0.1, -0.05) is 18.2 Å². The maximum absolute atomic E-state index is 13.2. The Kier molecular flexibility index (Phi) is 6.07. The molecule has 3 aromatic carbocycles. The number of fused-ring (bicyclic) bond motifs is 1. The summed E-state index contributed by atoms with van der Waals surface area (Å²) in [6.07, 6.45) is 0. The molecule has 0 fully saturated rings. The molecular formula is C22H19F2NO4. The van der Waals surface area contributed by atoms with Gasteiger partial charge in [-0.25, -0.2) is 13.6 Å². The summed E-state index contributed by atoms with van der Waals surface area (Å²) in [4.78, 5) is 25.6. The highest BCUT2D eigenvalue weighted by Gasteiger charge is 2.15. The van der Waals surface area contributed by atoms with Gasteiger partial charge in [0, 0.05) is 19.7 Å². The summed E-state index contributed by atoms with van der Waals surface area (Å²) in [6.45, 7) is -0.217. The Labute approximate surface area is 166 Å². The third kappa shape index (κ3) is 5.07. The summed E-state index contributed by atoms with van der Waals surface area (Å²) >= 11 is 0. The first-order valence-electron chi connectivity index (χ1n) is 8.79. The number of halogens is 2. The van der Waals surface area contributed by atoms with Gasteiger partial charge in [0.05, 0.1) is 12.7 Å². The molecule has 0 aliphatic rings. The lowest BCUT2D eigenvalue weighted by molar-refractivity contribution is -0.133. The number of nitrogens with zero attached hydrogens (tertiary/aromatic N) is 1. The Bertz CT molecular complexity index is 1050. The molecule has 5 nitrogen and oxygen atoms in total. The quantitative estimate of drug-likeness (QED) is 0.589. The van der Waals surface area contributed by atoms with Crippen LogP contribution in [0.2, 0.25) is 0 Å². The second-order valence-electron chi connectivity index (χ2n) is 6.53. The van der Waals surface area contributed by atoms with Crippen molar-refractivity contribution in [1.82, 2.24) is 4.90 Å². The fraction of sp³-hybridized carbons (Fsp3) is 0.182. The molecule has 0 atom stereocenters. The average Bonchev–Trinajstić information content (AvgIpc) is 2.70. The zero-order chi connectivity index (χ0) is 21.0. The summed E-state index contributed by atoms with van der Waals surface area (Å²) in [5, 5.41) is 2.02. The fourth-order valence-corrected chi connectivity index (χ4v) is 2.85. The number of esters is 1. The Morgan fingerprint density at radius 1 is 0.931 bits per heavy atom. The maximum atomic E-state index is 13.2. The third-order valence-corrected chi connectivity index (χ3v) is 4.38. The topological polar surface area (TPSA) is 55.8 Å². The van der Waals surface area contributed by atoms with Crippen LogP contribution >= 0.6 is 0 Å². The Balaban J connectivity index is 1.60. The molecule has 29 heavy (non-hydrogen) atoms. The molecule has 1 amide bonds. The van der Waals surface area contributed by atoms with E-state index in [1.807, 2.05) is 36.4 Å². The van der Waals surface area contributed by atoms with E-state index in [0.29, 0.717) is 12.6 Å². The molecule has 0 bridgehead atoms. The van der Waals surface area contributed by atoms with Crippen LogP contribution in [0.25, 0.3) is 10.8 Å². The number of hydrogen-bond acceptors (Lipinski definition) is 4. The largest absolute Gasteiger partial charge is 0.497 e. The summed E-state index contributed by atoms with van der Waals surface area (Å²) in [5.41, 5.74) is 0.611. The number of amides is 1. The van der Waals surface area contributed by atoms with Crippen molar-refractivity contribution in [3.05, 3.63) is 77.4 Å². The van der Waals surface area contributed by atoms with Crippen molar-refractivity contribution in [2.24, 2.45) is 0 Å². The van der Waals surface area contributed by atoms with Gasteiger partial charge in [0.15, 0.2) is 6.61 Å². The van der Waals surface area contributed by atoms with Crippen LogP contribution in [0, 0.1) is 11.6 Å². The average molecular weight is 399 g/mol. The molecule has 0 radical (unpaired) electrons. The number of hydrogen-bond donors (Lipinski definition) is 0. The van der Waals surface area contributed by atoms with E-state index >= 15 is 0 Å². The predicted molar refractivity (Wildman–Crippen MR) is 104 cm³/mol. The van der Waals surface area contributed by atoms with E-state index in [0.717, 1.165) is 34.2 Å². The van der Waals surface area contributed by atoms with Crippen LogP contribution in [0.4, 0.5) is 8.78 Å². The molecule has 3 rings (SSSR count). The molecule has 0 aliphatic heterocycles. The smallest absolute Gasteiger partial charge is 0.338 e. The number of ether oxygens (including phenoxy) is 2. The normalized spacial score (nSPS) is 10.6. The zero-order valence-electron chi connectivity index (χ0n) is 15.9. The number of carbonyl (C=O) groups is 2. The Morgan fingerprint density at radius 3 is 2.28 bits per heavy atom. The van der Waals surface area contributed by atoms with Crippen LogP contribution < -0.4 is 4.74 Å². The lowest BCUT2D eigenvalue weighted by atomic mass is 10.1. The molecule has 7 heteroatoms. The molecule has 3 aromatic rings. The zero-order valence-corrected chi connectivity index (χ0v) is 15.9. The van der Waals surface area contributed by atoms with Crippen LogP contribution in [0.5, 0.6) is 5.75 Å². The van der Waals surface area contributed by atoms with Crippen molar-refractivity contribution in [2.45, 2.75) is 6.54 Å².